The fraction of sp³-hybridized carbons (Fsp3) is 0.250. The van der Waals surface area contributed by atoms with Crippen molar-refractivity contribution in [2.75, 3.05) is 6.61 Å². The van der Waals surface area contributed by atoms with Gasteiger partial charge in [-0.15, -0.1) is 0 Å². The summed E-state index contributed by atoms with van der Waals surface area (Å²) in [5, 5.41) is 9.98. The number of rotatable bonds is 0. The zero-order valence-electron chi connectivity index (χ0n) is 8.21. The molecule has 0 radical (unpaired) electrons. The third-order valence-corrected chi connectivity index (χ3v) is 2.87. The van der Waals surface area contributed by atoms with Gasteiger partial charge >= 0.3 is 0 Å². The molecule has 1 aliphatic heterocycles. The molecular formula is C12H10N2O. The van der Waals surface area contributed by atoms with E-state index in [0.29, 0.717) is 12.2 Å². The molecule has 1 aliphatic rings. The van der Waals surface area contributed by atoms with Crippen molar-refractivity contribution >= 4 is 10.9 Å². The molecule has 0 unspecified atom stereocenters. The zero-order valence-corrected chi connectivity index (χ0v) is 8.21. The number of nitrogens with one attached hydrogen (secondary N) is 1. The van der Waals surface area contributed by atoms with Crippen LogP contribution in [-0.2, 0) is 17.8 Å². The first-order valence-corrected chi connectivity index (χ1v) is 5.00. The number of hydrogen-bond acceptors (Lipinski definition) is 2. The Kier molecular flexibility index (Phi) is 1.77. The van der Waals surface area contributed by atoms with Gasteiger partial charge < -0.3 is 9.72 Å². The molecule has 2 heterocycles. The summed E-state index contributed by atoms with van der Waals surface area (Å²) in [6.45, 7) is 1.44. The van der Waals surface area contributed by atoms with Crippen LogP contribution in [0.25, 0.3) is 10.9 Å². The monoisotopic (exact) mass is 198 g/mol. The first-order valence-electron chi connectivity index (χ1n) is 5.00. The molecular weight excluding hydrogens is 188 g/mol. The molecule has 1 aromatic carbocycles. The van der Waals surface area contributed by atoms with E-state index in [-0.39, 0.29) is 0 Å². The van der Waals surface area contributed by atoms with Crippen molar-refractivity contribution in [1.29, 1.82) is 5.26 Å². The lowest BCUT2D eigenvalue weighted by atomic mass is 10.1. The van der Waals surface area contributed by atoms with Gasteiger partial charge in [0.2, 0.25) is 0 Å². The van der Waals surface area contributed by atoms with Gasteiger partial charge in [-0.1, -0.05) is 0 Å². The molecule has 0 saturated heterocycles. The Balaban J connectivity index is 2.30. The molecule has 0 amide bonds. The molecule has 2 aromatic rings. The van der Waals surface area contributed by atoms with Crippen LogP contribution in [0, 0.1) is 11.3 Å². The quantitative estimate of drug-likeness (QED) is 0.704. The molecule has 0 atom stereocenters. The Morgan fingerprint density at radius 3 is 3.20 bits per heavy atom. The average Bonchev–Trinajstić information content (AvgIpc) is 2.66. The van der Waals surface area contributed by atoms with Gasteiger partial charge in [-0.3, -0.25) is 0 Å². The molecule has 0 bridgehead atoms. The summed E-state index contributed by atoms with van der Waals surface area (Å²) in [5.41, 5.74) is 4.28. The first kappa shape index (κ1) is 8.51. The fourth-order valence-electron chi connectivity index (χ4n) is 2.10. The minimum absolute atomic E-state index is 0.657. The molecule has 3 heteroatoms. The molecule has 3 nitrogen and oxygen atoms in total. The molecule has 0 saturated carbocycles. The number of aromatic amines is 1. The number of hydrogen-bond donors (Lipinski definition) is 1. The number of H-pyrrole nitrogens is 1. The molecule has 1 aromatic heterocycles. The van der Waals surface area contributed by atoms with Crippen LogP contribution in [-0.4, -0.2) is 11.6 Å². The summed E-state index contributed by atoms with van der Waals surface area (Å²) in [4.78, 5) is 3.38. The summed E-state index contributed by atoms with van der Waals surface area (Å²) in [6, 6.07) is 7.89. The van der Waals surface area contributed by atoms with Crippen LogP contribution >= 0.6 is 0 Å². The van der Waals surface area contributed by atoms with Crippen LogP contribution in [0.2, 0.25) is 0 Å². The van der Waals surface area contributed by atoms with Crippen molar-refractivity contribution in [3.8, 4) is 6.07 Å². The number of nitrogens with zero attached hydrogens (tertiary/aromatic N) is 1. The van der Waals surface area contributed by atoms with E-state index in [4.69, 9.17) is 10.00 Å². The second-order valence-electron chi connectivity index (χ2n) is 3.76. The van der Waals surface area contributed by atoms with Crippen molar-refractivity contribution in [3.63, 3.8) is 0 Å². The number of aromatic nitrogens is 1. The molecule has 74 valence electrons. The molecule has 0 fully saturated rings. The van der Waals surface area contributed by atoms with Crippen molar-refractivity contribution in [2.24, 2.45) is 0 Å². The standard InChI is InChI=1S/C12H10N2O/c13-6-8-1-2-11-9(5-8)10-7-15-4-3-12(10)14-11/h1-2,5,14H,3-4,7H2. The summed E-state index contributed by atoms with van der Waals surface area (Å²) in [5.74, 6) is 0. The Labute approximate surface area is 87.3 Å². The third-order valence-electron chi connectivity index (χ3n) is 2.87. The smallest absolute Gasteiger partial charge is 0.0991 e. The lowest BCUT2D eigenvalue weighted by Crippen LogP contribution is -2.08. The van der Waals surface area contributed by atoms with Crippen LogP contribution in [0.1, 0.15) is 16.8 Å². The third kappa shape index (κ3) is 1.23. The largest absolute Gasteiger partial charge is 0.376 e. The SMILES string of the molecule is N#Cc1ccc2[nH]c3c(c2c1)COCC3. The molecule has 3 rings (SSSR count). The normalized spacial score (nSPS) is 14.9. The lowest BCUT2D eigenvalue weighted by molar-refractivity contribution is 0.111. The minimum atomic E-state index is 0.657. The van der Waals surface area contributed by atoms with E-state index < -0.39 is 0 Å². The summed E-state index contributed by atoms with van der Waals surface area (Å²) >= 11 is 0. The van der Waals surface area contributed by atoms with E-state index in [2.05, 4.69) is 11.1 Å². The van der Waals surface area contributed by atoms with E-state index in [1.807, 2.05) is 18.2 Å². The Morgan fingerprint density at radius 2 is 2.33 bits per heavy atom. The van der Waals surface area contributed by atoms with E-state index in [1.165, 1.54) is 11.3 Å². The topological polar surface area (TPSA) is 48.8 Å². The van der Waals surface area contributed by atoms with Gasteiger partial charge in [-0.05, 0) is 18.2 Å². The van der Waals surface area contributed by atoms with Crippen LogP contribution in [0.5, 0.6) is 0 Å². The maximum atomic E-state index is 8.85. The summed E-state index contributed by atoms with van der Waals surface area (Å²) in [7, 11) is 0. The summed E-state index contributed by atoms with van der Waals surface area (Å²) < 4.78 is 5.43. The van der Waals surface area contributed by atoms with Gasteiger partial charge in [0.15, 0.2) is 0 Å². The second-order valence-corrected chi connectivity index (χ2v) is 3.76. The average molecular weight is 198 g/mol. The van der Waals surface area contributed by atoms with Crippen LogP contribution in [0.4, 0.5) is 0 Å². The van der Waals surface area contributed by atoms with Gasteiger partial charge in [0, 0.05) is 28.6 Å². The van der Waals surface area contributed by atoms with Gasteiger partial charge in [-0.2, -0.15) is 5.26 Å². The Hall–Kier alpha value is -1.79. The number of fused-ring (bicyclic) bond motifs is 3. The zero-order chi connectivity index (χ0) is 10.3. The summed E-state index contributed by atoms with van der Waals surface area (Å²) in [6.07, 6.45) is 0.936. The van der Waals surface area contributed by atoms with E-state index in [9.17, 15) is 0 Å². The van der Waals surface area contributed by atoms with Crippen molar-refractivity contribution in [2.45, 2.75) is 13.0 Å². The number of ether oxygens (including phenoxy) is 1. The molecule has 15 heavy (non-hydrogen) atoms. The predicted octanol–water partition coefficient (Wildman–Crippen LogP) is 2.11. The molecule has 1 N–H and O–H groups in total. The lowest BCUT2D eigenvalue weighted by Gasteiger charge is -2.11. The van der Waals surface area contributed by atoms with E-state index in [0.717, 1.165) is 23.9 Å². The van der Waals surface area contributed by atoms with Gasteiger partial charge in [-0.25, -0.2) is 0 Å². The molecule has 0 aliphatic carbocycles. The van der Waals surface area contributed by atoms with Crippen molar-refractivity contribution in [1.82, 2.24) is 4.98 Å². The second kappa shape index (κ2) is 3.11. The van der Waals surface area contributed by atoms with Crippen LogP contribution in [0.3, 0.4) is 0 Å². The van der Waals surface area contributed by atoms with Crippen LogP contribution in [0.15, 0.2) is 18.2 Å². The Bertz CT molecular complexity index is 563. The van der Waals surface area contributed by atoms with E-state index >= 15 is 0 Å². The fourth-order valence-corrected chi connectivity index (χ4v) is 2.10. The highest BCUT2D eigenvalue weighted by molar-refractivity contribution is 5.86. The number of nitriles is 1. The highest BCUT2D eigenvalue weighted by atomic mass is 16.5. The Morgan fingerprint density at radius 1 is 1.40 bits per heavy atom. The van der Waals surface area contributed by atoms with Crippen molar-refractivity contribution in [3.05, 3.63) is 35.0 Å². The maximum Gasteiger partial charge on any atom is 0.0991 e. The first-order chi connectivity index (χ1) is 7.38. The molecule has 0 spiro atoms. The predicted molar refractivity (Wildman–Crippen MR) is 56.4 cm³/mol. The van der Waals surface area contributed by atoms with Gasteiger partial charge in [0.05, 0.1) is 24.8 Å². The highest BCUT2D eigenvalue weighted by Gasteiger charge is 2.15. The van der Waals surface area contributed by atoms with Crippen molar-refractivity contribution < 1.29 is 4.74 Å². The maximum absolute atomic E-state index is 8.85. The van der Waals surface area contributed by atoms with E-state index in [1.54, 1.807) is 0 Å². The van der Waals surface area contributed by atoms with Gasteiger partial charge in [0.25, 0.3) is 0 Å². The number of benzene rings is 1. The highest BCUT2D eigenvalue weighted by Crippen LogP contribution is 2.27. The van der Waals surface area contributed by atoms with Gasteiger partial charge in [0.1, 0.15) is 0 Å². The minimum Gasteiger partial charge on any atom is -0.376 e. The van der Waals surface area contributed by atoms with Crippen LogP contribution < -0.4 is 0 Å².